The van der Waals surface area contributed by atoms with Crippen molar-refractivity contribution in [1.29, 1.82) is 0 Å². The lowest BCUT2D eigenvalue weighted by atomic mass is 10.0. The number of para-hydroxylation sites is 1. The molecule has 1 N–H and O–H groups in total. The summed E-state index contributed by atoms with van der Waals surface area (Å²) in [4.78, 5) is 0.250. The molecule has 0 saturated carbocycles. The van der Waals surface area contributed by atoms with Gasteiger partial charge in [-0.05, 0) is 36.2 Å². The van der Waals surface area contributed by atoms with E-state index in [9.17, 15) is 12.8 Å². The SMILES string of the molecule is CCC(Nc1ccccc1S(C)(=O)=O)c1cccc(F)c1. The van der Waals surface area contributed by atoms with Crippen LogP contribution in [0.25, 0.3) is 0 Å². The van der Waals surface area contributed by atoms with E-state index in [-0.39, 0.29) is 16.8 Å². The normalized spacial score (nSPS) is 12.9. The molecule has 2 rings (SSSR count). The highest BCUT2D eigenvalue weighted by molar-refractivity contribution is 7.90. The van der Waals surface area contributed by atoms with Crippen LogP contribution in [0.5, 0.6) is 0 Å². The van der Waals surface area contributed by atoms with Gasteiger partial charge in [0, 0.05) is 6.26 Å². The first-order valence-corrected chi connectivity index (χ1v) is 8.62. The van der Waals surface area contributed by atoms with Gasteiger partial charge < -0.3 is 5.32 Å². The average Bonchev–Trinajstić information content (AvgIpc) is 2.44. The zero-order valence-corrected chi connectivity index (χ0v) is 12.8. The Morgan fingerprint density at radius 2 is 1.86 bits per heavy atom. The summed E-state index contributed by atoms with van der Waals surface area (Å²) in [6.45, 7) is 1.96. The molecule has 5 heteroatoms. The summed E-state index contributed by atoms with van der Waals surface area (Å²) in [5, 5.41) is 3.20. The van der Waals surface area contributed by atoms with Gasteiger partial charge in [0.15, 0.2) is 9.84 Å². The van der Waals surface area contributed by atoms with Crippen LogP contribution in [0.3, 0.4) is 0 Å². The van der Waals surface area contributed by atoms with Gasteiger partial charge in [-0.2, -0.15) is 0 Å². The van der Waals surface area contributed by atoms with Gasteiger partial charge in [-0.1, -0.05) is 31.2 Å². The van der Waals surface area contributed by atoms with Crippen molar-refractivity contribution in [2.45, 2.75) is 24.3 Å². The van der Waals surface area contributed by atoms with Crippen molar-refractivity contribution in [3.63, 3.8) is 0 Å². The van der Waals surface area contributed by atoms with Crippen LogP contribution in [0.1, 0.15) is 24.9 Å². The largest absolute Gasteiger partial charge is 0.377 e. The predicted molar refractivity (Wildman–Crippen MR) is 82.6 cm³/mol. The minimum absolute atomic E-state index is 0.149. The van der Waals surface area contributed by atoms with Crippen LogP contribution in [0.4, 0.5) is 10.1 Å². The fourth-order valence-corrected chi connectivity index (χ4v) is 3.09. The fourth-order valence-electron chi connectivity index (χ4n) is 2.24. The predicted octanol–water partition coefficient (Wildman–Crippen LogP) is 3.79. The molecule has 0 fully saturated rings. The van der Waals surface area contributed by atoms with E-state index in [1.54, 1.807) is 30.3 Å². The van der Waals surface area contributed by atoms with Crippen molar-refractivity contribution < 1.29 is 12.8 Å². The Bertz CT molecular complexity index is 729. The van der Waals surface area contributed by atoms with Crippen LogP contribution in [-0.2, 0) is 9.84 Å². The highest BCUT2D eigenvalue weighted by Crippen LogP contribution is 2.27. The highest BCUT2D eigenvalue weighted by Gasteiger charge is 2.16. The number of hydrogen-bond acceptors (Lipinski definition) is 3. The Balaban J connectivity index is 2.36. The molecule has 0 aliphatic rings. The molecule has 21 heavy (non-hydrogen) atoms. The molecular weight excluding hydrogens is 289 g/mol. The third-order valence-corrected chi connectivity index (χ3v) is 4.43. The number of hydrogen-bond donors (Lipinski definition) is 1. The maximum absolute atomic E-state index is 13.3. The lowest BCUT2D eigenvalue weighted by Crippen LogP contribution is -2.12. The topological polar surface area (TPSA) is 46.2 Å². The zero-order chi connectivity index (χ0) is 15.5. The molecule has 0 spiro atoms. The van der Waals surface area contributed by atoms with Gasteiger partial charge in [-0.3, -0.25) is 0 Å². The van der Waals surface area contributed by atoms with Crippen LogP contribution >= 0.6 is 0 Å². The number of benzene rings is 2. The van der Waals surface area contributed by atoms with Crippen LogP contribution in [0.15, 0.2) is 53.4 Å². The summed E-state index contributed by atoms with van der Waals surface area (Å²) < 4.78 is 37.0. The molecule has 2 aromatic rings. The summed E-state index contributed by atoms with van der Waals surface area (Å²) in [6.07, 6.45) is 1.89. The van der Waals surface area contributed by atoms with E-state index < -0.39 is 9.84 Å². The molecule has 0 aliphatic heterocycles. The molecule has 112 valence electrons. The molecule has 0 saturated heterocycles. The molecule has 0 amide bonds. The van der Waals surface area contributed by atoms with E-state index in [0.29, 0.717) is 12.1 Å². The molecule has 0 radical (unpaired) electrons. The third kappa shape index (κ3) is 3.82. The first kappa shape index (κ1) is 15.5. The Labute approximate surface area is 124 Å². The van der Waals surface area contributed by atoms with E-state index in [1.807, 2.05) is 13.0 Å². The van der Waals surface area contributed by atoms with Gasteiger partial charge in [0.2, 0.25) is 0 Å². The summed E-state index contributed by atoms with van der Waals surface area (Å²) in [5.74, 6) is -0.302. The Kier molecular flexibility index (Phi) is 4.63. The first-order chi connectivity index (χ1) is 9.91. The van der Waals surface area contributed by atoms with E-state index >= 15 is 0 Å². The molecule has 0 bridgehead atoms. The molecule has 1 unspecified atom stereocenters. The quantitative estimate of drug-likeness (QED) is 0.914. The Hall–Kier alpha value is -1.88. The first-order valence-electron chi connectivity index (χ1n) is 6.73. The van der Waals surface area contributed by atoms with Crippen molar-refractivity contribution >= 4 is 15.5 Å². The third-order valence-electron chi connectivity index (χ3n) is 3.28. The van der Waals surface area contributed by atoms with Crippen molar-refractivity contribution in [3.8, 4) is 0 Å². The molecule has 2 aromatic carbocycles. The van der Waals surface area contributed by atoms with Gasteiger partial charge in [-0.25, -0.2) is 12.8 Å². The van der Waals surface area contributed by atoms with E-state index in [1.165, 1.54) is 18.4 Å². The molecule has 3 nitrogen and oxygen atoms in total. The summed E-state index contributed by atoms with van der Waals surface area (Å²) in [7, 11) is -3.31. The van der Waals surface area contributed by atoms with Gasteiger partial charge in [0.25, 0.3) is 0 Å². The van der Waals surface area contributed by atoms with Crippen LogP contribution in [0, 0.1) is 5.82 Å². The van der Waals surface area contributed by atoms with Crippen LogP contribution in [0.2, 0.25) is 0 Å². The van der Waals surface area contributed by atoms with Crippen LogP contribution in [-0.4, -0.2) is 14.7 Å². The van der Waals surface area contributed by atoms with E-state index in [2.05, 4.69) is 5.32 Å². The second kappa shape index (κ2) is 6.26. The number of anilines is 1. The molecule has 1 atom stereocenters. The van der Waals surface area contributed by atoms with Crippen molar-refractivity contribution in [2.75, 3.05) is 11.6 Å². The number of rotatable bonds is 5. The molecular formula is C16H18FNO2S. The summed E-state index contributed by atoms with van der Waals surface area (Å²) in [6, 6.07) is 12.9. The minimum Gasteiger partial charge on any atom is -0.377 e. The number of nitrogens with one attached hydrogen (secondary N) is 1. The molecule has 0 heterocycles. The zero-order valence-electron chi connectivity index (χ0n) is 12.0. The van der Waals surface area contributed by atoms with Crippen molar-refractivity contribution in [1.82, 2.24) is 0 Å². The maximum atomic E-state index is 13.3. The Morgan fingerprint density at radius 1 is 1.14 bits per heavy atom. The minimum atomic E-state index is -3.31. The fraction of sp³-hybridized carbons (Fsp3) is 0.250. The Morgan fingerprint density at radius 3 is 2.48 bits per heavy atom. The van der Waals surface area contributed by atoms with Gasteiger partial charge in [0.05, 0.1) is 16.6 Å². The lowest BCUT2D eigenvalue weighted by Gasteiger charge is -2.20. The monoisotopic (exact) mass is 307 g/mol. The highest BCUT2D eigenvalue weighted by atomic mass is 32.2. The second-order valence-corrected chi connectivity index (χ2v) is 6.91. The van der Waals surface area contributed by atoms with Crippen LogP contribution < -0.4 is 5.32 Å². The second-order valence-electron chi connectivity index (χ2n) is 4.93. The maximum Gasteiger partial charge on any atom is 0.177 e. The molecule has 0 aliphatic carbocycles. The van der Waals surface area contributed by atoms with E-state index in [4.69, 9.17) is 0 Å². The van der Waals surface area contributed by atoms with Gasteiger partial charge >= 0.3 is 0 Å². The summed E-state index contributed by atoms with van der Waals surface area (Å²) in [5.41, 5.74) is 1.33. The van der Waals surface area contributed by atoms with Gasteiger partial charge in [0.1, 0.15) is 5.82 Å². The van der Waals surface area contributed by atoms with Gasteiger partial charge in [-0.15, -0.1) is 0 Å². The van der Waals surface area contributed by atoms with Crippen molar-refractivity contribution in [3.05, 3.63) is 59.9 Å². The summed E-state index contributed by atoms with van der Waals surface area (Å²) >= 11 is 0. The smallest absolute Gasteiger partial charge is 0.177 e. The standard InChI is InChI=1S/C16H18FNO2S/c1-3-14(12-7-6-8-13(17)11-12)18-15-9-4-5-10-16(15)21(2,19)20/h4-11,14,18H,3H2,1-2H3. The number of halogens is 1. The average molecular weight is 307 g/mol. The lowest BCUT2D eigenvalue weighted by molar-refractivity contribution is 0.601. The number of sulfone groups is 1. The van der Waals surface area contributed by atoms with E-state index in [0.717, 1.165) is 5.56 Å². The molecule has 0 aromatic heterocycles. The van der Waals surface area contributed by atoms with Crippen molar-refractivity contribution in [2.24, 2.45) is 0 Å².